The lowest BCUT2D eigenvalue weighted by atomic mass is 10.0. The van der Waals surface area contributed by atoms with Gasteiger partial charge < -0.3 is 19.5 Å². The molecule has 0 aliphatic heterocycles. The number of methoxy groups -OCH3 is 1. The Morgan fingerprint density at radius 1 is 1.42 bits per heavy atom. The van der Waals surface area contributed by atoms with Gasteiger partial charge in [-0.2, -0.15) is 0 Å². The van der Waals surface area contributed by atoms with Gasteiger partial charge in [-0.05, 0) is 42.2 Å². The number of benzene rings is 1. The molecule has 5 nitrogen and oxygen atoms in total. The Kier molecular flexibility index (Phi) is 4.71. The number of rotatable bonds is 6. The molecule has 126 valence electrons. The summed E-state index contributed by atoms with van der Waals surface area (Å²) in [4.78, 5) is 10.9. The van der Waals surface area contributed by atoms with E-state index in [1.807, 2.05) is 42.6 Å². The SMILES string of the molecule is COc1ccc2c(c1)c(CCC(=O)O)cn2CC1=CC=CCC1O. The second kappa shape index (κ2) is 6.93. The average molecular weight is 327 g/mol. The van der Waals surface area contributed by atoms with Gasteiger partial charge in [0.1, 0.15) is 5.75 Å². The highest BCUT2D eigenvalue weighted by molar-refractivity contribution is 5.86. The standard InChI is InChI=1S/C19H21NO4/c1-24-15-7-8-17-16(10-15)13(6-9-19(22)23)11-20(17)12-14-4-2-3-5-18(14)21/h2-4,7-8,10-11,18,21H,5-6,9,12H2,1H3,(H,22,23). The molecule has 0 bridgehead atoms. The van der Waals surface area contributed by atoms with Crippen LogP contribution in [0.1, 0.15) is 18.4 Å². The second-order valence-electron chi connectivity index (χ2n) is 5.98. The molecular weight excluding hydrogens is 306 g/mol. The lowest BCUT2D eigenvalue weighted by Crippen LogP contribution is -2.16. The average Bonchev–Trinajstić information content (AvgIpc) is 2.92. The molecule has 1 unspecified atom stereocenters. The summed E-state index contributed by atoms with van der Waals surface area (Å²) in [5.41, 5.74) is 2.95. The van der Waals surface area contributed by atoms with Crippen molar-refractivity contribution in [3.8, 4) is 5.75 Å². The molecule has 24 heavy (non-hydrogen) atoms. The van der Waals surface area contributed by atoms with Crippen LogP contribution in [0.25, 0.3) is 10.9 Å². The first-order chi connectivity index (χ1) is 11.6. The Labute approximate surface area is 140 Å². The fraction of sp³-hybridized carbons (Fsp3) is 0.316. The molecule has 0 spiro atoms. The molecule has 5 heteroatoms. The predicted molar refractivity (Wildman–Crippen MR) is 92.3 cm³/mol. The van der Waals surface area contributed by atoms with Crippen LogP contribution >= 0.6 is 0 Å². The van der Waals surface area contributed by atoms with E-state index < -0.39 is 12.1 Å². The number of aryl methyl sites for hydroxylation is 1. The number of aliphatic hydroxyl groups is 1. The fourth-order valence-electron chi connectivity index (χ4n) is 3.06. The zero-order valence-corrected chi connectivity index (χ0v) is 13.6. The van der Waals surface area contributed by atoms with E-state index >= 15 is 0 Å². The minimum atomic E-state index is -0.811. The molecular formula is C19H21NO4. The first-order valence-corrected chi connectivity index (χ1v) is 7.99. The molecule has 3 rings (SSSR count). The summed E-state index contributed by atoms with van der Waals surface area (Å²) in [6.07, 6.45) is 8.56. The van der Waals surface area contributed by atoms with Crippen LogP contribution in [-0.4, -0.2) is 34.0 Å². The Hall–Kier alpha value is -2.53. The van der Waals surface area contributed by atoms with Crippen LogP contribution < -0.4 is 4.74 Å². The molecule has 1 aromatic heterocycles. The van der Waals surface area contributed by atoms with Crippen LogP contribution in [0.5, 0.6) is 5.75 Å². The van der Waals surface area contributed by atoms with Crippen LogP contribution in [0.4, 0.5) is 0 Å². The zero-order chi connectivity index (χ0) is 17.1. The van der Waals surface area contributed by atoms with E-state index in [2.05, 4.69) is 4.57 Å². The van der Waals surface area contributed by atoms with Crippen molar-refractivity contribution in [2.75, 3.05) is 7.11 Å². The maximum absolute atomic E-state index is 10.9. The number of ether oxygens (including phenoxy) is 1. The topological polar surface area (TPSA) is 71.7 Å². The van der Waals surface area contributed by atoms with Crippen LogP contribution in [0.15, 0.2) is 48.2 Å². The van der Waals surface area contributed by atoms with Gasteiger partial charge in [0, 0.05) is 30.1 Å². The van der Waals surface area contributed by atoms with E-state index in [1.54, 1.807) is 7.11 Å². The van der Waals surface area contributed by atoms with Crippen molar-refractivity contribution < 1.29 is 19.7 Å². The molecule has 0 radical (unpaired) electrons. The van der Waals surface area contributed by atoms with Crippen molar-refractivity contribution in [1.29, 1.82) is 0 Å². The molecule has 0 saturated heterocycles. The minimum absolute atomic E-state index is 0.0877. The van der Waals surface area contributed by atoms with Gasteiger partial charge in [0.15, 0.2) is 0 Å². The van der Waals surface area contributed by atoms with Crippen molar-refractivity contribution in [2.45, 2.75) is 31.9 Å². The van der Waals surface area contributed by atoms with Crippen molar-refractivity contribution in [3.05, 3.63) is 53.8 Å². The highest BCUT2D eigenvalue weighted by Gasteiger charge is 2.16. The lowest BCUT2D eigenvalue weighted by molar-refractivity contribution is -0.136. The third-order valence-corrected chi connectivity index (χ3v) is 4.37. The molecule has 1 aliphatic carbocycles. The van der Waals surface area contributed by atoms with E-state index in [-0.39, 0.29) is 6.42 Å². The number of aliphatic carboxylic acids is 1. The number of carboxylic acids is 1. The number of aromatic nitrogens is 1. The summed E-state index contributed by atoms with van der Waals surface area (Å²) >= 11 is 0. The van der Waals surface area contributed by atoms with Crippen molar-refractivity contribution in [3.63, 3.8) is 0 Å². The first-order valence-electron chi connectivity index (χ1n) is 7.99. The molecule has 1 heterocycles. The van der Waals surface area contributed by atoms with Crippen molar-refractivity contribution in [2.24, 2.45) is 0 Å². The number of nitrogens with zero attached hydrogens (tertiary/aromatic N) is 1. The van der Waals surface area contributed by atoms with Gasteiger partial charge >= 0.3 is 5.97 Å². The van der Waals surface area contributed by atoms with Crippen LogP contribution in [-0.2, 0) is 17.8 Å². The summed E-state index contributed by atoms with van der Waals surface area (Å²) in [7, 11) is 1.62. The fourth-order valence-corrected chi connectivity index (χ4v) is 3.06. The van der Waals surface area contributed by atoms with Gasteiger partial charge in [-0.1, -0.05) is 18.2 Å². The Bertz CT molecular complexity index is 816. The third kappa shape index (κ3) is 3.36. The third-order valence-electron chi connectivity index (χ3n) is 4.37. The molecule has 0 amide bonds. The first kappa shape index (κ1) is 16.3. The number of aliphatic hydroxyl groups excluding tert-OH is 1. The summed E-state index contributed by atoms with van der Waals surface area (Å²) in [6, 6.07) is 5.81. The van der Waals surface area contributed by atoms with Crippen molar-refractivity contribution >= 4 is 16.9 Å². The molecule has 1 atom stereocenters. The van der Waals surface area contributed by atoms with Gasteiger partial charge in [-0.3, -0.25) is 4.79 Å². The van der Waals surface area contributed by atoms with Crippen LogP contribution in [0.3, 0.4) is 0 Å². The number of allylic oxidation sites excluding steroid dienone is 2. The monoisotopic (exact) mass is 327 g/mol. The van der Waals surface area contributed by atoms with E-state index in [4.69, 9.17) is 9.84 Å². The molecule has 1 aliphatic rings. The molecule has 0 fully saturated rings. The van der Waals surface area contributed by atoms with Gasteiger partial charge in [0.2, 0.25) is 0 Å². The van der Waals surface area contributed by atoms with E-state index in [9.17, 15) is 9.90 Å². The maximum atomic E-state index is 10.9. The van der Waals surface area contributed by atoms with E-state index in [1.165, 1.54) is 0 Å². The maximum Gasteiger partial charge on any atom is 0.303 e. The van der Waals surface area contributed by atoms with Crippen molar-refractivity contribution in [1.82, 2.24) is 4.57 Å². The van der Waals surface area contributed by atoms with Gasteiger partial charge in [-0.15, -0.1) is 0 Å². The van der Waals surface area contributed by atoms with Gasteiger partial charge in [-0.25, -0.2) is 0 Å². The highest BCUT2D eigenvalue weighted by Crippen LogP contribution is 2.28. The van der Waals surface area contributed by atoms with E-state index in [0.29, 0.717) is 19.4 Å². The predicted octanol–water partition coefficient (Wildman–Crippen LogP) is 2.91. The number of fused-ring (bicyclic) bond motifs is 1. The Morgan fingerprint density at radius 3 is 2.96 bits per heavy atom. The number of carbonyl (C=O) groups is 1. The lowest BCUT2D eigenvalue weighted by Gasteiger charge is -2.17. The summed E-state index contributed by atoms with van der Waals surface area (Å²) < 4.78 is 7.36. The molecule has 2 aromatic rings. The Balaban J connectivity index is 1.99. The summed E-state index contributed by atoms with van der Waals surface area (Å²) in [6.45, 7) is 0.585. The summed E-state index contributed by atoms with van der Waals surface area (Å²) in [5.74, 6) is -0.0639. The Morgan fingerprint density at radius 2 is 2.25 bits per heavy atom. The quantitative estimate of drug-likeness (QED) is 0.856. The summed E-state index contributed by atoms with van der Waals surface area (Å²) in [5, 5.41) is 20.1. The zero-order valence-electron chi connectivity index (χ0n) is 13.6. The molecule has 1 aromatic carbocycles. The molecule has 0 saturated carbocycles. The number of carboxylic acid groups (broad SMARTS) is 1. The number of hydrogen-bond acceptors (Lipinski definition) is 3. The van der Waals surface area contributed by atoms with Gasteiger partial charge in [0.25, 0.3) is 0 Å². The normalized spacial score (nSPS) is 17.1. The van der Waals surface area contributed by atoms with E-state index in [0.717, 1.165) is 27.8 Å². The molecule has 2 N–H and O–H groups in total. The highest BCUT2D eigenvalue weighted by atomic mass is 16.5. The smallest absolute Gasteiger partial charge is 0.303 e. The van der Waals surface area contributed by atoms with Crippen LogP contribution in [0.2, 0.25) is 0 Å². The second-order valence-corrected chi connectivity index (χ2v) is 5.98. The largest absolute Gasteiger partial charge is 0.497 e. The minimum Gasteiger partial charge on any atom is -0.497 e. The van der Waals surface area contributed by atoms with Gasteiger partial charge in [0.05, 0.1) is 13.2 Å². The van der Waals surface area contributed by atoms with Crippen LogP contribution in [0, 0.1) is 0 Å². The number of hydrogen-bond donors (Lipinski definition) is 2.